The molecule has 0 aliphatic carbocycles. The molecule has 0 saturated carbocycles. The number of carbonyl (C=O) groups is 1. The fraction of sp³-hybridized carbons (Fsp3) is 0.188. The summed E-state index contributed by atoms with van der Waals surface area (Å²) >= 11 is 0. The topological polar surface area (TPSA) is 177 Å². The lowest BCUT2D eigenvalue weighted by Crippen LogP contribution is -2.44. The molecule has 0 saturated heterocycles. The summed E-state index contributed by atoms with van der Waals surface area (Å²) in [6, 6.07) is 27.9. The first-order valence-corrected chi connectivity index (χ1v) is 15.2. The molecule has 0 fully saturated rings. The molecule has 0 heterocycles. The molecule has 1 atom stereocenters. The third kappa shape index (κ3) is 10.0. The number of hydrogen-bond donors (Lipinski definition) is 3. The van der Waals surface area contributed by atoms with Crippen molar-refractivity contribution in [2.75, 3.05) is 11.9 Å². The highest BCUT2D eigenvalue weighted by atomic mass is 35.5. The monoisotopic (exact) mass is 649 g/mol. The second-order valence-corrected chi connectivity index (χ2v) is 11.7. The average molecular weight is 650 g/mol. The summed E-state index contributed by atoms with van der Waals surface area (Å²) in [5, 5.41) is 23.6. The zero-order chi connectivity index (χ0) is 31.5. The lowest BCUT2D eigenvalue weighted by molar-refractivity contribution is -0.384. The van der Waals surface area contributed by atoms with Crippen LogP contribution in [0, 0.1) is 21.4 Å². The molecule has 45 heavy (non-hydrogen) atoms. The predicted molar refractivity (Wildman–Crippen MR) is 173 cm³/mol. The third-order valence-corrected chi connectivity index (χ3v) is 8.06. The van der Waals surface area contributed by atoms with Crippen LogP contribution in [0.3, 0.4) is 0 Å². The Morgan fingerprint density at radius 2 is 1.62 bits per heavy atom. The number of nitrogens with one attached hydrogen (secondary N) is 2. The van der Waals surface area contributed by atoms with E-state index in [1.165, 1.54) is 12.1 Å². The number of sulfonamides is 1. The van der Waals surface area contributed by atoms with Gasteiger partial charge < -0.3 is 15.8 Å². The van der Waals surface area contributed by atoms with Crippen LogP contribution in [0.2, 0.25) is 0 Å². The summed E-state index contributed by atoms with van der Waals surface area (Å²) in [4.78, 5) is 23.3. The lowest BCUT2D eigenvalue weighted by atomic mass is 10.1. The summed E-state index contributed by atoms with van der Waals surface area (Å²) in [6.45, 7) is 0.742. The number of rotatable bonds is 14. The Balaban J connectivity index is 0.00000552. The largest absolute Gasteiger partial charge is 0.489 e. The van der Waals surface area contributed by atoms with Crippen molar-refractivity contribution in [1.29, 1.82) is 5.26 Å². The Labute approximate surface area is 267 Å². The highest BCUT2D eigenvalue weighted by Gasteiger charge is 2.25. The van der Waals surface area contributed by atoms with Crippen LogP contribution in [0.15, 0.2) is 102 Å². The fourth-order valence-corrected chi connectivity index (χ4v) is 5.37. The van der Waals surface area contributed by atoms with Gasteiger partial charge in [0.1, 0.15) is 18.0 Å². The van der Waals surface area contributed by atoms with E-state index in [0.717, 1.165) is 23.6 Å². The maximum atomic E-state index is 12.9. The minimum absolute atomic E-state index is 0. The first-order valence-electron chi connectivity index (χ1n) is 13.7. The van der Waals surface area contributed by atoms with E-state index >= 15 is 0 Å². The Bertz CT molecular complexity index is 1750. The number of nitro groups is 1. The molecule has 4 aromatic carbocycles. The number of hydrogen-bond acceptors (Lipinski definition) is 9. The van der Waals surface area contributed by atoms with Gasteiger partial charge in [-0.3, -0.25) is 14.9 Å². The molecule has 13 heteroatoms. The van der Waals surface area contributed by atoms with Gasteiger partial charge in [-0.15, -0.1) is 12.4 Å². The second kappa shape index (κ2) is 16.2. The van der Waals surface area contributed by atoms with Crippen LogP contribution in [0.5, 0.6) is 5.75 Å². The first-order chi connectivity index (χ1) is 21.1. The number of nitriles is 1. The molecule has 0 aliphatic heterocycles. The number of aryl methyl sites for hydroxylation is 1. The van der Waals surface area contributed by atoms with E-state index in [1.54, 1.807) is 48.5 Å². The molecule has 0 spiro atoms. The van der Waals surface area contributed by atoms with Crippen LogP contribution in [-0.2, 0) is 34.3 Å². The number of nitrogens with two attached hydrogens (primary N) is 1. The molecular weight excluding hydrogens is 618 g/mol. The molecule has 0 radical (unpaired) electrons. The predicted octanol–water partition coefficient (Wildman–Crippen LogP) is 4.89. The van der Waals surface area contributed by atoms with Crippen LogP contribution in [0.4, 0.5) is 11.4 Å². The molecule has 0 aromatic heterocycles. The number of benzene rings is 4. The summed E-state index contributed by atoms with van der Waals surface area (Å²) in [5.74, 6) is -0.369. The maximum absolute atomic E-state index is 12.9. The smallest absolute Gasteiger partial charge is 0.293 e. The minimum Gasteiger partial charge on any atom is -0.489 e. The van der Waals surface area contributed by atoms with E-state index in [-0.39, 0.29) is 24.5 Å². The van der Waals surface area contributed by atoms with E-state index in [1.807, 2.05) is 35.1 Å². The molecule has 0 unspecified atom stereocenters. The number of anilines is 1. The van der Waals surface area contributed by atoms with Crippen molar-refractivity contribution in [2.45, 2.75) is 36.8 Å². The van der Waals surface area contributed by atoms with Gasteiger partial charge in [0.2, 0.25) is 0 Å². The number of ether oxygens (including phenoxy) is 1. The number of nitrogens with zero attached hydrogens (tertiary/aromatic N) is 2. The van der Waals surface area contributed by atoms with Crippen molar-refractivity contribution in [3.8, 4) is 11.8 Å². The second-order valence-electron chi connectivity index (χ2n) is 9.97. The molecule has 0 bridgehead atoms. The number of amides is 1. The van der Waals surface area contributed by atoms with Gasteiger partial charge in [0, 0.05) is 12.6 Å². The summed E-state index contributed by atoms with van der Waals surface area (Å²) in [5.41, 5.74) is 9.01. The number of nitro benzene ring substituents is 1. The SMILES string of the molecule is Cl.N#Cc1ccc(COc2ccc(C[C@H](N)C(=O)NS(=O)(=O)c3ccc(NCCCc4ccccc4)c([N+](=O)[O-])c3)cc2)cc1. The Kier molecular flexibility index (Phi) is 12.4. The van der Waals surface area contributed by atoms with Crippen molar-refractivity contribution in [3.05, 3.63) is 129 Å². The maximum Gasteiger partial charge on any atom is 0.293 e. The van der Waals surface area contributed by atoms with E-state index in [2.05, 4.69) is 11.4 Å². The van der Waals surface area contributed by atoms with Crippen LogP contribution in [0.1, 0.15) is 28.7 Å². The highest BCUT2D eigenvalue weighted by Crippen LogP contribution is 2.28. The van der Waals surface area contributed by atoms with Gasteiger partial charge in [0.15, 0.2) is 0 Å². The normalized spacial score (nSPS) is 11.4. The summed E-state index contributed by atoms with van der Waals surface area (Å²) in [6.07, 6.45) is 1.53. The zero-order valence-electron chi connectivity index (χ0n) is 24.1. The van der Waals surface area contributed by atoms with Gasteiger partial charge in [-0.25, -0.2) is 13.1 Å². The van der Waals surface area contributed by atoms with Crippen molar-refractivity contribution < 1.29 is 22.9 Å². The lowest BCUT2D eigenvalue weighted by Gasteiger charge is -2.14. The Hall–Kier alpha value is -4.96. The minimum atomic E-state index is -4.43. The van der Waals surface area contributed by atoms with Crippen LogP contribution in [0.25, 0.3) is 0 Å². The molecule has 4 N–H and O–H groups in total. The molecule has 234 valence electrons. The van der Waals surface area contributed by atoms with E-state index < -0.39 is 37.5 Å². The van der Waals surface area contributed by atoms with Crippen LogP contribution >= 0.6 is 12.4 Å². The van der Waals surface area contributed by atoms with Gasteiger partial charge in [-0.1, -0.05) is 54.6 Å². The van der Waals surface area contributed by atoms with Crippen molar-refractivity contribution in [1.82, 2.24) is 4.72 Å². The Morgan fingerprint density at radius 1 is 0.956 bits per heavy atom. The quantitative estimate of drug-likeness (QED) is 0.0975. The van der Waals surface area contributed by atoms with Crippen LogP contribution < -0.4 is 20.5 Å². The summed E-state index contributed by atoms with van der Waals surface area (Å²) < 4.78 is 33.5. The van der Waals surface area contributed by atoms with Gasteiger partial charge in [-0.2, -0.15) is 5.26 Å². The third-order valence-electron chi connectivity index (χ3n) is 6.72. The van der Waals surface area contributed by atoms with Crippen molar-refractivity contribution >= 4 is 39.7 Å². The zero-order valence-corrected chi connectivity index (χ0v) is 25.7. The van der Waals surface area contributed by atoms with E-state index in [9.17, 15) is 23.3 Å². The van der Waals surface area contributed by atoms with Crippen molar-refractivity contribution in [3.63, 3.8) is 0 Å². The summed E-state index contributed by atoms with van der Waals surface area (Å²) in [7, 11) is -4.43. The number of carbonyl (C=O) groups excluding carboxylic acids is 1. The fourth-order valence-electron chi connectivity index (χ4n) is 4.32. The molecule has 4 aromatic rings. The van der Waals surface area contributed by atoms with Crippen molar-refractivity contribution in [2.24, 2.45) is 5.73 Å². The van der Waals surface area contributed by atoms with E-state index in [4.69, 9.17) is 15.7 Å². The average Bonchev–Trinajstić information content (AvgIpc) is 3.03. The first kappa shape index (κ1) is 34.5. The molecular formula is C32H32ClN5O6S. The molecule has 11 nitrogen and oxygen atoms in total. The standard InChI is InChI=1S/C32H31N5O6S.ClH/c33-21-25-8-10-26(11-9-25)22-43-27-14-12-24(13-15-27)19-29(34)32(38)36-44(41,42)28-16-17-30(31(20-28)37(39)40)35-18-4-7-23-5-2-1-3-6-23;/h1-3,5-6,8-17,20,29,35H,4,7,18-19,22,34H2,(H,36,38);1H/t29-;/m0./s1. The number of halogens is 1. The molecule has 4 rings (SSSR count). The van der Waals surface area contributed by atoms with Gasteiger partial charge in [0.25, 0.3) is 21.6 Å². The van der Waals surface area contributed by atoms with Gasteiger partial charge >= 0.3 is 0 Å². The Morgan fingerprint density at radius 3 is 2.27 bits per heavy atom. The van der Waals surface area contributed by atoms with Gasteiger partial charge in [0.05, 0.1) is 27.5 Å². The van der Waals surface area contributed by atoms with Crippen LogP contribution in [-0.4, -0.2) is 31.8 Å². The molecule has 1 amide bonds. The molecule has 0 aliphatic rings. The van der Waals surface area contributed by atoms with Gasteiger partial charge in [-0.05, 0) is 72.4 Å². The highest BCUT2D eigenvalue weighted by molar-refractivity contribution is 7.90. The van der Waals surface area contributed by atoms with E-state index in [0.29, 0.717) is 36.4 Å².